The molecule has 46 valence electrons. The second kappa shape index (κ2) is 3.21. The van der Waals surface area contributed by atoms with Gasteiger partial charge in [-0.25, -0.2) is 0 Å². The number of hydrogen-bond acceptors (Lipinski definition) is 1. The highest BCUT2D eigenvalue weighted by atomic mass is 31.1. The van der Waals surface area contributed by atoms with Gasteiger partial charge in [0.25, 0.3) is 0 Å². The van der Waals surface area contributed by atoms with Crippen LogP contribution in [0.3, 0.4) is 0 Å². The molecule has 1 aliphatic carbocycles. The highest BCUT2D eigenvalue weighted by Crippen LogP contribution is 2.28. The van der Waals surface area contributed by atoms with Crippen molar-refractivity contribution in [3.05, 3.63) is 11.4 Å². The molecule has 0 bridgehead atoms. The zero-order valence-electron chi connectivity index (χ0n) is 4.85. The third-order valence-electron chi connectivity index (χ3n) is 1.43. The van der Waals surface area contributed by atoms with Gasteiger partial charge < -0.3 is 4.89 Å². The first-order valence-electron chi connectivity index (χ1n) is 3.02. The molecule has 0 aromatic rings. The maximum absolute atomic E-state index is 8.65. The summed E-state index contributed by atoms with van der Waals surface area (Å²) >= 11 is 0. The minimum absolute atomic E-state index is 0.0681. The number of rotatable bonds is 1. The molecule has 2 heteroatoms. The van der Waals surface area contributed by atoms with Crippen LogP contribution >= 0.6 is 8.81 Å². The van der Waals surface area contributed by atoms with E-state index < -0.39 is 0 Å². The van der Waals surface area contributed by atoms with Crippen molar-refractivity contribution in [1.82, 2.24) is 0 Å². The molecule has 0 aromatic heterocycles. The monoisotopic (exact) mass is 130 g/mol. The molecule has 1 rings (SSSR count). The quantitative estimate of drug-likeness (QED) is 0.538. The summed E-state index contributed by atoms with van der Waals surface area (Å²) in [6.07, 6.45) is 7.08. The fourth-order valence-corrected chi connectivity index (χ4v) is 1.46. The van der Waals surface area contributed by atoms with E-state index in [0.29, 0.717) is 0 Å². The van der Waals surface area contributed by atoms with Crippen LogP contribution in [0.25, 0.3) is 0 Å². The first-order valence-corrected chi connectivity index (χ1v) is 3.97. The Morgan fingerprint density at radius 3 is 2.75 bits per heavy atom. The predicted octanol–water partition coefficient (Wildman–Crippen LogP) is 2.03. The molecule has 1 atom stereocenters. The number of allylic oxidation sites excluding steroid dienone is 2. The molecule has 0 saturated heterocycles. The van der Waals surface area contributed by atoms with Crippen LogP contribution in [-0.4, -0.2) is 4.89 Å². The second-order valence-electron chi connectivity index (χ2n) is 2.09. The molecule has 1 nitrogen and oxygen atoms in total. The summed E-state index contributed by atoms with van der Waals surface area (Å²) in [6.45, 7) is 0. The van der Waals surface area contributed by atoms with Crippen molar-refractivity contribution in [2.75, 3.05) is 0 Å². The summed E-state index contributed by atoms with van der Waals surface area (Å²) in [6, 6.07) is 0. The maximum atomic E-state index is 8.65. The van der Waals surface area contributed by atoms with Crippen LogP contribution in [0.2, 0.25) is 0 Å². The van der Waals surface area contributed by atoms with Crippen LogP contribution < -0.4 is 0 Å². The Morgan fingerprint density at radius 2 is 2.38 bits per heavy atom. The highest BCUT2D eigenvalue weighted by Gasteiger charge is 2.00. The van der Waals surface area contributed by atoms with Crippen molar-refractivity contribution >= 4 is 8.81 Å². The lowest BCUT2D eigenvalue weighted by Gasteiger charge is -2.07. The SMILES string of the molecule is OPC1=CCCCC1. The lowest BCUT2D eigenvalue weighted by molar-refractivity contribution is 0.640. The largest absolute Gasteiger partial charge is 0.373 e. The molecular formula is C6H11OP. The van der Waals surface area contributed by atoms with Gasteiger partial charge in [0, 0.05) is 8.81 Å². The molecule has 1 aliphatic rings. The third kappa shape index (κ3) is 1.57. The van der Waals surface area contributed by atoms with E-state index in [1.807, 2.05) is 0 Å². The van der Waals surface area contributed by atoms with Crippen molar-refractivity contribution in [1.29, 1.82) is 0 Å². The van der Waals surface area contributed by atoms with Gasteiger partial charge in [-0.2, -0.15) is 0 Å². The Hall–Kier alpha value is 0.130. The third-order valence-corrected chi connectivity index (χ3v) is 2.18. The van der Waals surface area contributed by atoms with Crippen LogP contribution in [0.4, 0.5) is 0 Å². The Balaban J connectivity index is 2.37. The molecule has 1 N–H and O–H groups in total. The van der Waals surface area contributed by atoms with Crippen molar-refractivity contribution < 1.29 is 4.89 Å². The summed E-state index contributed by atoms with van der Waals surface area (Å²) in [5, 5.41) is 1.26. The average Bonchev–Trinajstić information content (AvgIpc) is 1.90. The maximum Gasteiger partial charge on any atom is 0.0375 e. The van der Waals surface area contributed by atoms with Crippen molar-refractivity contribution in [3.8, 4) is 0 Å². The average molecular weight is 130 g/mol. The molecule has 0 aliphatic heterocycles. The van der Waals surface area contributed by atoms with Crippen molar-refractivity contribution in [2.24, 2.45) is 0 Å². The Morgan fingerprint density at radius 1 is 1.50 bits per heavy atom. The highest BCUT2D eigenvalue weighted by molar-refractivity contribution is 7.36. The van der Waals surface area contributed by atoms with Gasteiger partial charge in [-0.1, -0.05) is 6.08 Å². The van der Waals surface area contributed by atoms with Gasteiger partial charge in [0.2, 0.25) is 0 Å². The zero-order chi connectivity index (χ0) is 5.82. The molecule has 0 saturated carbocycles. The van der Waals surface area contributed by atoms with Gasteiger partial charge in [-0.15, -0.1) is 0 Å². The van der Waals surface area contributed by atoms with E-state index in [-0.39, 0.29) is 8.81 Å². The molecule has 0 aromatic carbocycles. The Kier molecular flexibility index (Phi) is 2.51. The van der Waals surface area contributed by atoms with Gasteiger partial charge in [0.05, 0.1) is 0 Å². The van der Waals surface area contributed by atoms with E-state index >= 15 is 0 Å². The minimum Gasteiger partial charge on any atom is -0.373 e. The van der Waals surface area contributed by atoms with E-state index in [2.05, 4.69) is 6.08 Å². The topological polar surface area (TPSA) is 20.2 Å². The molecule has 0 spiro atoms. The predicted molar refractivity (Wildman–Crippen MR) is 37.1 cm³/mol. The smallest absolute Gasteiger partial charge is 0.0375 e. The lowest BCUT2D eigenvalue weighted by Crippen LogP contribution is -1.84. The molecule has 0 heterocycles. The van der Waals surface area contributed by atoms with Crippen LogP contribution in [0.5, 0.6) is 0 Å². The van der Waals surface area contributed by atoms with Crippen LogP contribution in [0, 0.1) is 0 Å². The summed E-state index contributed by atoms with van der Waals surface area (Å²) in [5.74, 6) is 0. The van der Waals surface area contributed by atoms with E-state index in [4.69, 9.17) is 4.89 Å². The van der Waals surface area contributed by atoms with E-state index in [9.17, 15) is 0 Å². The van der Waals surface area contributed by atoms with Gasteiger partial charge in [0.15, 0.2) is 0 Å². The molecule has 1 unspecified atom stereocenters. The second-order valence-corrected chi connectivity index (χ2v) is 2.95. The number of hydrogen-bond donors (Lipinski definition) is 1. The molecule has 0 fully saturated rings. The summed E-state index contributed by atoms with van der Waals surface area (Å²) < 4.78 is 0. The molecular weight excluding hydrogens is 119 g/mol. The van der Waals surface area contributed by atoms with Gasteiger partial charge >= 0.3 is 0 Å². The molecule has 0 radical (unpaired) electrons. The summed E-state index contributed by atoms with van der Waals surface area (Å²) in [4.78, 5) is 8.65. The standard InChI is InChI=1S/C6H11OP/c7-8-6-4-2-1-3-5-6/h4,7-8H,1-3,5H2. The first-order chi connectivity index (χ1) is 3.93. The van der Waals surface area contributed by atoms with Crippen LogP contribution in [-0.2, 0) is 0 Å². The normalized spacial score (nSPS) is 21.9. The van der Waals surface area contributed by atoms with Gasteiger partial charge in [-0.3, -0.25) is 0 Å². The van der Waals surface area contributed by atoms with Gasteiger partial charge in [-0.05, 0) is 31.0 Å². The van der Waals surface area contributed by atoms with Crippen LogP contribution in [0.15, 0.2) is 11.4 Å². The van der Waals surface area contributed by atoms with E-state index in [1.54, 1.807) is 0 Å². The summed E-state index contributed by atoms with van der Waals surface area (Å²) in [7, 11) is 0.0681. The van der Waals surface area contributed by atoms with Gasteiger partial charge in [0.1, 0.15) is 0 Å². The fourth-order valence-electron chi connectivity index (χ4n) is 0.940. The van der Waals surface area contributed by atoms with E-state index in [0.717, 1.165) is 6.42 Å². The Labute approximate surface area is 51.7 Å². The fraction of sp³-hybridized carbons (Fsp3) is 0.667. The van der Waals surface area contributed by atoms with Crippen LogP contribution in [0.1, 0.15) is 25.7 Å². The molecule has 8 heavy (non-hydrogen) atoms. The summed E-state index contributed by atoms with van der Waals surface area (Å²) in [5.41, 5.74) is 0. The van der Waals surface area contributed by atoms with Crippen molar-refractivity contribution in [3.63, 3.8) is 0 Å². The Bertz CT molecular complexity index is 98.7. The minimum atomic E-state index is 0.0681. The lowest BCUT2D eigenvalue weighted by atomic mass is 10.1. The first kappa shape index (κ1) is 6.25. The molecule has 0 amide bonds. The van der Waals surface area contributed by atoms with E-state index in [1.165, 1.54) is 24.6 Å². The zero-order valence-corrected chi connectivity index (χ0v) is 5.85. The van der Waals surface area contributed by atoms with Crippen molar-refractivity contribution in [2.45, 2.75) is 25.7 Å².